The average molecular weight is 452 g/mol. The van der Waals surface area contributed by atoms with Gasteiger partial charge in [0.15, 0.2) is 12.4 Å². The van der Waals surface area contributed by atoms with Gasteiger partial charge >= 0.3 is 0 Å². The predicted octanol–water partition coefficient (Wildman–Crippen LogP) is 3.33. The standard InChI is InChI=1S/C19H18BrNO5S/c1-11-3-8-16(19-15(22)9-12(2)18(11)19)26-10-17(23)21-27(24,25)14-6-4-13(20)5-7-14/h3-8,12H,9-10H2,1-2H3,(H,21,23). The summed E-state index contributed by atoms with van der Waals surface area (Å²) < 4.78 is 32.6. The first-order valence-electron chi connectivity index (χ1n) is 8.30. The summed E-state index contributed by atoms with van der Waals surface area (Å²) in [5, 5.41) is 0. The minimum Gasteiger partial charge on any atom is -0.483 e. The van der Waals surface area contributed by atoms with Crippen molar-refractivity contribution in [1.82, 2.24) is 4.72 Å². The van der Waals surface area contributed by atoms with Crippen LogP contribution in [0.1, 0.15) is 40.7 Å². The van der Waals surface area contributed by atoms with Crippen LogP contribution in [0.5, 0.6) is 5.75 Å². The number of aryl methyl sites for hydroxylation is 1. The van der Waals surface area contributed by atoms with E-state index in [1.807, 2.05) is 24.6 Å². The van der Waals surface area contributed by atoms with Crippen molar-refractivity contribution in [3.63, 3.8) is 0 Å². The molecule has 0 radical (unpaired) electrons. The monoisotopic (exact) mass is 451 g/mol. The van der Waals surface area contributed by atoms with E-state index in [0.29, 0.717) is 17.7 Å². The third kappa shape index (κ3) is 4.06. The van der Waals surface area contributed by atoms with Gasteiger partial charge < -0.3 is 4.74 Å². The van der Waals surface area contributed by atoms with Crippen LogP contribution in [0.3, 0.4) is 0 Å². The fraction of sp³-hybridized carbons (Fsp3) is 0.263. The van der Waals surface area contributed by atoms with Crippen LogP contribution in [0.2, 0.25) is 0 Å². The number of nitrogens with one attached hydrogen (secondary N) is 1. The fourth-order valence-electron chi connectivity index (χ4n) is 3.22. The Balaban J connectivity index is 1.72. The maximum absolute atomic E-state index is 12.3. The molecule has 2 aromatic carbocycles. The van der Waals surface area contributed by atoms with Crippen LogP contribution in [0, 0.1) is 6.92 Å². The van der Waals surface area contributed by atoms with Crippen LogP contribution < -0.4 is 9.46 Å². The number of benzene rings is 2. The maximum atomic E-state index is 12.3. The first-order chi connectivity index (χ1) is 12.7. The number of amides is 1. The van der Waals surface area contributed by atoms with E-state index in [1.165, 1.54) is 12.1 Å². The van der Waals surface area contributed by atoms with Crippen LogP contribution in [-0.4, -0.2) is 26.7 Å². The molecule has 1 N–H and O–H groups in total. The Morgan fingerprint density at radius 1 is 1.22 bits per heavy atom. The Morgan fingerprint density at radius 2 is 1.89 bits per heavy atom. The smallest absolute Gasteiger partial charge is 0.271 e. The van der Waals surface area contributed by atoms with Crippen molar-refractivity contribution in [2.24, 2.45) is 0 Å². The quantitative estimate of drug-likeness (QED) is 0.752. The molecule has 2 aromatic rings. The first-order valence-corrected chi connectivity index (χ1v) is 10.6. The summed E-state index contributed by atoms with van der Waals surface area (Å²) in [5.74, 6) is -0.436. The lowest BCUT2D eigenvalue weighted by Gasteiger charge is -2.13. The molecule has 0 spiro atoms. The van der Waals surface area contributed by atoms with Crippen molar-refractivity contribution in [1.29, 1.82) is 0 Å². The van der Waals surface area contributed by atoms with Gasteiger partial charge in [0.05, 0.1) is 10.5 Å². The second-order valence-electron chi connectivity index (χ2n) is 6.47. The van der Waals surface area contributed by atoms with Gasteiger partial charge in [0.2, 0.25) is 0 Å². The van der Waals surface area contributed by atoms with Gasteiger partial charge in [-0.3, -0.25) is 9.59 Å². The zero-order valence-corrected chi connectivity index (χ0v) is 17.2. The van der Waals surface area contributed by atoms with Crippen LogP contribution >= 0.6 is 15.9 Å². The topological polar surface area (TPSA) is 89.5 Å². The molecule has 6 nitrogen and oxygen atoms in total. The Bertz CT molecular complexity index is 1020. The van der Waals surface area contributed by atoms with Gasteiger partial charge in [-0.05, 0) is 54.3 Å². The zero-order valence-electron chi connectivity index (χ0n) is 14.8. The van der Waals surface area contributed by atoms with Crippen molar-refractivity contribution in [2.45, 2.75) is 31.1 Å². The summed E-state index contributed by atoms with van der Waals surface area (Å²) in [5.41, 5.74) is 2.42. The van der Waals surface area contributed by atoms with E-state index in [9.17, 15) is 18.0 Å². The van der Waals surface area contributed by atoms with Crippen molar-refractivity contribution in [2.75, 3.05) is 6.61 Å². The molecule has 0 saturated heterocycles. The molecule has 1 aliphatic rings. The SMILES string of the molecule is Cc1ccc(OCC(=O)NS(=O)(=O)c2ccc(Br)cc2)c2c1C(C)CC2=O. The Kier molecular flexibility index (Phi) is 5.39. The summed E-state index contributed by atoms with van der Waals surface area (Å²) in [7, 11) is -3.99. The molecule has 8 heteroatoms. The zero-order chi connectivity index (χ0) is 19.8. The molecule has 0 bridgehead atoms. The largest absolute Gasteiger partial charge is 0.483 e. The summed E-state index contributed by atoms with van der Waals surface area (Å²) >= 11 is 3.22. The summed E-state index contributed by atoms with van der Waals surface area (Å²) in [6.07, 6.45) is 0.403. The highest BCUT2D eigenvalue weighted by Gasteiger charge is 2.31. The molecule has 27 heavy (non-hydrogen) atoms. The van der Waals surface area contributed by atoms with E-state index in [2.05, 4.69) is 15.9 Å². The molecule has 3 rings (SSSR count). The number of sulfonamides is 1. The third-order valence-corrected chi connectivity index (χ3v) is 6.34. The molecular weight excluding hydrogens is 434 g/mol. The molecule has 1 aliphatic carbocycles. The average Bonchev–Trinajstić information content (AvgIpc) is 2.90. The van der Waals surface area contributed by atoms with Gasteiger partial charge in [-0.1, -0.05) is 28.9 Å². The number of carbonyl (C=O) groups is 2. The number of Topliss-reactive ketones (excluding diaryl/α,β-unsaturated/α-hetero) is 1. The molecule has 1 atom stereocenters. The van der Waals surface area contributed by atoms with Crippen LogP contribution in [0.4, 0.5) is 0 Å². The van der Waals surface area contributed by atoms with E-state index in [0.717, 1.165) is 15.6 Å². The maximum Gasteiger partial charge on any atom is 0.271 e. The number of hydrogen-bond donors (Lipinski definition) is 1. The first kappa shape index (κ1) is 19.6. The molecular formula is C19H18BrNO5S. The second-order valence-corrected chi connectivity index (χ2v) is 9.07. The van der Waals surface area contributed by atoms with Crippen molar-refractivity contribution in [3.05, 3.63) is 57.6 Å². The Hall–Kier alpha value is -2.19. The van der Waals surface area contributed by atoms with Gasteiger partial charge in [-0.15, -0.1) is 0 Å². The number of ether oxygens (including phenoxy) is 1. The van der Waals surface area contributed by atoms with Crippen LogP contribution in [0.25, 0.3) is 0 Å². The lowest BCUT2D eigenvalue weighted by atomic mass is 9.97. The van der Waals surface area contributed by atoms with E-state index >= 15 is 0 Å². The van der Waals surface area contributed by atoms with Gasteiger partial charge in [-0.25, -0.2) is 13.1 Å². The lowest BCUT2D eigenvalue weighted by molar-refractivity contribution is -0.121. The number of fused-ring (bicyclic) bond motifs is 1. The highest BCUT2D eigenvalue weighted by atomic mass is 79.9. The van der Waals surface area contributed by atoms with Gasteiger partial charge in [0.1, 0.15) is 5.75 Å². The van der Waals surface area contributed by atoms with Crippen molar-refractivity contribution in [3.8, 4) is 5.75 Å². The number of rotatable bonds is 5. The van der Waals surface area contributed by atoms with Crippen molar-refractivity contribution >= 4 is 37.6 Å². The van der Waals surface area contributed by atoms with Gasteiger partial charge in [0.25, 0.3) is 15.9 Å². The number of carbonyl (C=O) groups excluding carboxylic acids is 2. The molecule has 142 valence electrons. The second kappa shape index (κ2) is 7.44. The number of halogens is 1. The highest BCUT2D eigenvalue weighted by molar-refractivity contribution is 9.10. The van der Waals surface area contributed by atoms with E-state index in [4.69, 9.17) is 4.74 Å². The Morgan fingerprint density at radius 3 is 2.56 bits per heavy atom. The summed E-state index contributed by atoms with van der Waals surface area (Å²) in [6, 6.07) is 9.37. The summed E-state index contributed by atoms with van der Waals surface area (Å²) in [6.45, 7) is 3.39. The van der Waals surface area contributed by atoms with Crippen molar-refractivity contribution < 1.29 is 22.7 Å². The molecule has 0 heterocycles. The van der Waals surface area contributed by atoms with Gasteiger partial charge in [-0.2, -0.15) is 0 Å². The fourth-order valence-corrected chi connectivity index (χ4v) is 4.46. The molecule has 0 saturated carbocycles. The van der Waals surface area contributed by atoms with Gasteiger partial charge in [0, 0.05) is 10.9 Å². The molecule has 0 fully saturated rings. The van der Waals surface area contributed by atoms with E-state index < -0.39 is 22.5 Å². The third-order valence-electron chi connectivity index (χ3n) is 4.42. The number of hydrogen-bond acceptors (Lipinski definition) is 5. The highest BCUT2D eigenvalue weighted by Crippen LogP contribution is 2.40. The molecule has 0 aromatic heterocycles. The molecule has 0 aliphatic heterocycles. The minimum atomic E-state index is -3.99. The predicted molar refractivity (Wildman–Crippen MR) is 104 cm³/mol. The minimum absolute atomic E-state index is 0.0284. The molecule has 1 amide bonds. The molecule has 1 unspecified atom stereocenters. The Labute approximate surface area is 166 Å². The lowest BCUT2D eigenvalue weighted by Crippen LogP contribution is -2.34. The normalized spacial score (nSPS) is 16.1. The van der Waals surface area contributed by atoms with Crippen LogP contribution in [-0.2, 0) is 14.8 Å². The van der Waals surface area contributed by atoms with E-state index in [1.54, 1.807) is 18.2 Å². The van der Waals surface area contributed by atoms with Crippen LogP contribution in [0.15, 0.2) is 45.8 Å². The number of ketones is 1. The van der Waals surface area contributed by atoms with E-state index in [-0.39, 0.29) is 16.6 Å². The summed E-state index contributed by atoms with van der Waals surface area (Å²) in [4.78, 5) is 24.3.